The molecule has 0 aromatic heterocycles. The molecule has 2 nitrogen and oxygen atoms in total. The van der Waals surface area contributed by atoms with Gasteiger partial charge >= 0.3 is 0 Å². The van der Waals surface area contributed by atoms with E-state index in [0.717, 1.165) is 18.9 Å². The maximum absolute atomic E-state index is 9.79. The molecule has 1 saturated carbocycles. The molecule has 1 fully saturated rings. The predicted molar refractivity (Wildman–Crippen MR) is 69.5 cm³/mol. The zero-order chi connectivity index (χ0) is 12.0. The summed E-state index contributed by atoms with van der Waals surface area (Å²) in [6.45, 7) is 7.40. The Morgan fingerprint density at radius 1 is 1.19 bits per heavy atom. The first kappa shape index (κ1) is 14.0. The molecular formula is C14H29NO. The van der Waals surface area contributed by atoms with Crippen molar-refractivity contribution in [2.45, 2.75) is 71.4 Å². The molecular weight excluding hydrogens is 198 g/mol. The molecule has 0 spiro atoms. The summed E-state index contributed by atoms with van der Waals surface area (Å²) in [4.78, 5) is 0. The minimum Gasteiger partial charge on any atom is -0.392 e. The van der Waals surface area contributed by atoms with Crippen molar-refractivity contribution < 1.29 is 5.11 Å². The highest BCUT2D eigenvalue weighted by atomic mass is 16.3. The Morgan fingerprint density at radius 3 is 2.31 bits per heavy atom. The van der Waals surface area contributed by atoms with Crippen LogP contribution in [0.1, 0.15) is 59.3 Å². The number of aliphatic hydroxyl groups excluding tert-OH is 1. The van der Waals surface area contributed by atoms with E-state index in [2.05, 4.69) is 26.1 Å². The fourth-order valence-corrected chi connectivity index (χ4v) is 2.71. The minimum absolute atomic E-state index is 0.163. The number of nitrogens with one attached hydrogen (secondary N) is 1. The molecule has 0 aromatic rings. The van der Waals surface area contributed by atoms with Crippen molar-refractivity contribution in [3.05, 3.63) is 0 Å². The van der Waals surface area contributed by atoms with Crippen molar-refractivity contribution in [1.82, 2.24) is 5.32 Å². The topological polar surface area (TPSA) is 32.3 Å². The van der Waals surface area contributed by atoms with Crippen molar-refractivity contribution in [2.24, 2.45) is 11.8 Å². The molecule has 1 aliphatic carbocycles. The molecule has 16 heavy (non-hydrogen) atoms. The summed E-state index contributed by atoms with van der Waals surface area (Å²) >= 11 is 0. The van der Waals surface area contributed by atoms with Crippen molar-refractivity contribution in [2.75, 3.05) is 6.54 Å². The molecule has 0 heterocycles. The van der Waals surface area contributed by atoms with Gasteiger partial charge in [-0.3, -0.25) is 0 Å². The molecule has 0 amide bonds. The molecule has 1 aliphatic rings. The second-order valence-electron chi connectivity index (χ2n) is 5.82. The summed E-state index contributed by atoms with van der Waals surface area (Å²) in [5, 5.41) is 13.3. The smallest absolute Gasteiger partial charge is 0.0667 e. The van der Waals surface area contributed by atoms with Crippen LogP contribution in [0.4, 0.5) is 0 Å². The molecule has 0 radical (unpaired) electrons. The predicted octanol–water partition coefficient (Wildman–Crippen LogP) is 2.95. The third-order valence-corrected chi connectivity index (χ3v) is 3.81. The van der Waals surface area contributed by atoms with Gasteiger partial charge in [0, 0.05) is 12.6 Å². The summed E-state index contributed by atoms with van der Waals surface area (Å²) < 4.78 is 0. The summed E-state index contributed by atoms with van der Waals surface area (Å²) in [7, 11) is 0. The number of aliphatic hydroxyl groups is 1. The van der Waals surface area contributed by atoms with E-state index in [1.807, 2.05) is 0 Å². The Bertz CT molecular complexity index is 174. The molecule has 1 unspecified atom stereocenters. The lowest BCUT2D eigenvalue weighted by atomic mass is 9.84. The van der Waals surface area contributed by atoms with Gasteiger partial charge in [-0.15, -0.1) is 0 Å². The first-order chi connectivity index (χ1) is 7.61. The Kier molecular flexibility index (Phi) is 6.37. The van der Waals surface area contributed by atoms with Gasteiger partial charge in [0.2, 0.25) is 0 Å². The molecule has 96 valence electrons. The summed E-state index contributed by atoms with van der Waals surface area (Å²) in [6, 6.07) is 0.657. The first-order valence-electron chi connectivity index (χ1n) is 7.03. The average molecular weight is 227 g/mol. The maximum Gasteiger partial charge on any atom is 0.0667 e. The molecule has 0 aliphatic heterocycles. The lowest BCUT2D eigenvalue weighted by Gasteiger charge is -2.29. The standard InChI is InChI=1S/C14H29NO/c1-4-12-5-7-13(8-6-12)15-10-14(16)9-11(2)3/h11-16H,4-10H2,1-3H3. The summed E-state index contributed by atoms with van der Waals surface area (Å²) in [5.74, 6) is 1.55. The molecule has 0 aromatic carbocycles. The lowest BCUT2D eigenvalue weighted by Crippen LogP contribution is -2.38. The maximum atomic E-state index is 9.79. The van der Waals surface area contributed by atoms with E-state index in [1.54, 1.807) is 0 Å². The molecule has 2 N–H and O–H groups in total. The minimum atomic E-state index is -0.163. The number of hydrogen-bond donors (Lipinski definition) is 2. The van der Waals surface area contributed by atoms with Crippen molar-refractivity contribution in [1.29, 1.82) is 0 Å². The van der Waals surface area contributed by atoms with Gasteiger partial charge in [0.25, 0.3) is 0 Å². The molecule has 1 rings (SSSR count). The molecule has 2 heteroatoms. The van der Waals surface area contributed by atoms with Crippen LogP contribution in [0.3, 0.4) is 0 Å². The largest absolute Gasteiger partial charge is 0.392 e. The number of rotatable bonds is 6. The van der Waals surface area contributed by atoms with Crippen molar-refractivity contribution in [3.63, 3.8) is 0 Å². The normalized spacial score (nSPS) is 28.3. The fourth-order valence-electron chi connectivity index (χ4n) is 2.71. The van der Waals surface area contributed by atoms with Gasteiger partial charge in [-0.25, -0.2) is 0 Å². The van der Waals surface area contributed by atoms with Crippen LogP contribution in [0, 0.1) is 11.8 Å². The highest BCUT2D eigenvalue weighted by Crippen LogP contribution is 2.26. The zero-order valence-electron chi connectivity index (χ0n) is 11.2. The quantitative estimate of drug-likeness (QED) is 0.731. The number of hydrogen-bond acceptors (Lipinski definition) is 2. The third-order valence-electron chi connectivity index (χ3n) is 3.81. The Morgan fingerprint density at radius 2 is 1.81 bits per heavy atom. The molecule has 1 atom stereocenters. The van der Waals surface area contributed by atoms with Crippen LogP contribution in [0.25, 0.3) is 0 Å². The lowest BCUT2D eigenvalue weighted by molar-refractivity contribution is 0.137. The van der Waals surface area contributed by atoms with Gasteiger partial charge in [-0.1, -0.05) is 27.2 Å². The van der Waals surface area contributed by atoms with Gasteiger partial charge in [-0.2, -0.15) is 0 Å². The van der Waals surface area contributed by atoms with E-state index in [-0.39, 0.29) is 6.10 Å². The van der Waals surface area contributed by atoms with Crippen LogP contribution in [-0.4, -0.2) is 23.8 Å². The van der Waals surface area contributed by atoms with E-state index >= 15 is 0 Å². The van der Waals surface area contributed by atoms with E-state index in [1.165, 1.54) is 32.1 Å². The highest BCUT2D eigenvalue weighted by molar-refractivity contribution is 4.77. The molecule has 0 bridgehead atoms. The van der Waals surface area contributed by atoms with Crippen LogP contribution < -0.4 is 5.32 Å². The first-order valence-corrected chi connectivity index (χ1v) is 7.03. The van der Waals surface area contributed by atoms with Gasteiger partial charge < -0.3 is 10.4 Å². The summed E-state index contributed by atoms with van der Waals surface area (Å²) in [5.41, 5.74) is 0. The fraction of sp³-hybridized carbons (Fsp3) is 1.00. The Balaban J connectivity index is 2.10. The van der Waals surface area contributed by atoms with Crippen molar-refractivity contribution >= 4 is 0 Å². The SMILES string of the molecule is CCC1CCC(NCC(O)CC(C)C)CC1. The van der Waals surface area contributed by atoms with Crippen molar-refractivity contribution in [3.8, 4) is 0 Å². The van der Waals surface area contributed by atoms with E-state index in [9.17, 15) is 5.11 Å². The van der Waals surface area contributed by atoms with E-state index in [0.29, 0.717) is 12.0 Å². The second kappa shape index (κ2) is 7.29. The monoisotopic (exact) mass is 227 g/mol. The van der Waals surface area contributed by atoms with Crippen LogP contribution in [0.5, 0.6) is 0 Å². The van der Waals surface area contributed by atoms with Crippen LogP contribution >= 0.6 is 0 Å². The Labute approximate surface area is 101 Å². The molecule has 0 saturated heterocycles. The van der Waals surface area contributed by atoms with Crippen LogP contribution in [0.2, 0.25) is 0 Å². The van der Waals surface area contributed by atoms with Gasteiger partial charge in [-0.05, 0) is 43.9 Å². The van der Waals surface area contributed by atoms with Crippen LogP contribution in [-0.2, 0) is 0 Å². The zero-order valence-corrected chi connectivity index (χ0v) is 11.2. The van der Waals surface area contributed by atoms with Gasteiger partial charge in [0.1, 0.15) is 0 Å². The van der Waals surface area contributed by atoms with Gasteiger partial charge in [0.05, 0.1) is 6.10 Å². The third kappa shape index (κ3) is 5.31. The van der Waals surface area contributed by atoms with Crippen LogP contribution in [0.15, 0.2) is 0 Å². The van der Waals surface area contributed by atoms with E-state index in [4.69, 9.17) is 0 Å². The van der Waals surface area contributed by atoms with Gasteiger partial charge in [0.15, 0.2) is 0 Å². The Hall–Kier alpha value is -0.0800. The van der Waals surface area contributed by atoms with E-state index < -0.39 is 0 Å². The summed E-state index contributed by atoms with van der Waals surface area (Å²) in [6.07, 6.45) is 7.42. The highest BCUT2D eigenvalue weighted by Gasteiger charge is 2.20. The second-order valence-corrected chi connectivity index (χ2v) is 5.82. The average Bonchev–Trinajstić information content (AvgIpc) is 2.26.